The lowest BCUT2D eigenvalue weighted by Gasteiger charge is -2.37. The minimum atomic E-state index is -0.777. The fraction of sp³-hybridized carbons (Fsp3) is 0.579. The molecule has 0 radical (unpaired) electrons. The highest BCUT2D eigenvalue weighted by molar-refractivity contribution is 5.78. The molecule has 23 heavy (non-hydrogen) atoms. The number of aliphatic carboxylic acids is 1. The number of likely N-dealkylation sites (tertiary alicyclic amines) is 1. The summed E-state index contributed by atoms with van der Waals surface area (Å²) in [7, 11) is 0. The molecule has 1 heterocycles. The summed E-state index contributed by atoms with van der Waals surface area (Å²) in [4.78, 5) is 25.7. The number of benzene rings is 1. The van der Waals surface area contributed by atoms with Crippen molar-refractivity contribution < 1.29 is 14.7 Å². The van der Waals surface area contributed by atoms with Gasteiger partial charge in [0.1, 0.15) is 0 Å². The zero-order valence-corrected chi connectivity index (χ0v) is 13.7. The van der Waals surface area contributed by atoms with Gasteiger partial charge in [0.15, 0.2) is 0 Å². The minimum Gasteiger partial charge on any atom is -0.481 e. The van der Waals surface area contributed by atoms with Gasteiger partial charge in [0.25, 0.3) is 0 Å². The average Bonchev–Trinajstić information content (AvgIpc) is 2.54. The maximum atomic E-state index is 12.7. The first kappa shape index (κ1) is 16.0. The van der Waals surface area contributed by atoms with E-state index in [1.54, 1.807) is 0 Å². The SMILES string of the molecule is CC1CCC(C(=O)O)CN1C(=O)CC1CCc2ccccc2C1. The Hall–Kier alpha value is -1.84. The van der Waals surface area contributed by atoms with E-state index in [1.165, 1.54) is 11.1 Å². The first-order chi connectivity index (χ1) is 11.0. The first-order valence-corrected chi connectivity index (χ1v) is 8.63. The summed E-state index contributed by atoms with van der Waals surface area (Å²) in [6, 6.07) is 8.64. The minimum absolute atomic E-state index is 0.132. The highest BCUT2D eigenvalue weighted by Crippen LogP contribution is 2.29. The summed E-state index contributed by atoms with van der Waals surface area (Å²) in [6.45, 7) is 2.41. The molecule has 3 rings (SSSR count). The van der Waals surface area contributed by atoms with E-state index in [4.69, 9.17) is 0 Å². The molecule has 4 nitrogen and oxygen atoms in total. The predicted molar refractivity (Wildman–Crippen MR) is 88.1 cm³/mol. The highest BCUT2D eigenvalue weighted by Gasteiger charge is 2.33. The number of carboxylic acids is 1. The fourth-order valence-electron chi connectivity index (χ4n) is 3.97. The van der Waals surface area contributed by atoms with E-state index in [1.807, 2.05) is 11.8 Å². The van der Waals surface area contributed by atoms with Gasteiger partial charge in [-0.2, -0.15) is 0 Å². The Bertz CT molecular complexity index is 598. The molecule has 1 fully saturated rings. The molecule has 1 aliphatic carbocycles. The summed E-state index contributed by atoms with van der Waals surface area (Å²) in [6.07, 6.45) is 5.07. The van der Waals surface area contributed by atoms with E-state index in [9.17, 15) is 14.7 Å². The molecule has 124 valence electrons. The number of piperidine rings is 1. The van der Waals surface area contributed by atoms with E-state index >= 15 is 0 Å². The largest absolute Gasteiger partial charge is 0.481 e. The summed E-state index contributed by atoms with van der Waals surface area (Å²) >= 11 is 0. The second-order valence-electron chi connectivity index (χ2n) is 7.09. The summed E-state index contributed by atoms with van der Waals surface area (Å²) in [5.41, 5.74) is 2.78. The number of carbonyl (C=O) groups is 2. The third-order valence-electron chi connectivity index (χ3n) is 5.46. The monoisotopic (exact) mass is 315 g/mol. The summed E-state index contributed by atoms with van der Waals surface area (Å²) in [5.74, 6) is -0.661. The fourth-order valence-corrected chi connectivity index (χ4v) is 3.97. The third kappa shape index (κ3) is 3.57. The Morgan fingerprint density at radius 3 is 2.65 bits per heavy atom. The van der Waals surface area contributed by atoms with Crippen LogP contribution in [0.3, 0.4) is 0 Å². The highest BCUT2D eigenvalue weighted by atomic mass is 16.4. The van der Waals surface area contributed by atoms with Gasteiger partial charge in [-0.05, 0) is 56.1 Å². The molecule has 1 aliphatic heterocycles. The van der Waals surface area contributed by atoms with E-state index in [0.717, 1.165) is 25.7 Å². The van der Waals surface area contributed by atoms with E-state index in [-0.39, 0.29) is 11.9 Å². The van der Waals surface area contributed by atoms with Crippen LogP contribution in [0, 0.1) is 11.8 Å². The van der Waals surface area contributed by atoms with Crippen LogP contribution in [0.4, 0.5) is 0 Å². The van der Waals surface area contributed by atoms with Crippen molar-refractivity contribution in [3.8, 4) is 0 Å². The molecule has 3 atom stereocenters. The van der Waals surface area contributed by atoms with Gasteiger partial charge in [0.2, 0.25) is 5.91 Å². The van der Waals surface area contributed by atoms with Gasteiger partial charge in [-0.15, -0.1) is 0 Å². The van der Waals surface area contributed by atoms with Crippen LogP contribution in [0.5, 0.6) is 0 Å². The second-order valence-corrected chi connectivity index (χ2v) is 7.09. The van der Waals surface area contributed by atoms with Gasteiger partial charge in [-0.3, -0.25) is 9.59 Å². The van der Waals surface area contributed by atoms with Gasteiger partial charge in [0, 0.05) is 19.0 Å². The number of carboxylic acid groups (broad SMARTS) is 1. The molecule has 4 heteroatoms. The van der Waals surface area contributed by atoms with Gasteiger partial charge >= 0.3 is 5.97 Å². The molecule has 0 saturated carbocycles. The standard InChI is InChI=1S/C19H25NO3/c1-13-6-8-17(19(22)23)12-20(13)18(21)11-14-7-9-15-4-2-3-5-16(15)10-14/h2-5,13-14,17H,6-12H2,1H3,(H,22,23). The summed E-state index contributed by atoms with van der Waals surface area (Å²) in [5, 5.41) is 9.22. The molecule has 1 saturated heterocycles. The van der Waals surface area contributed by atoms with Crippen molar-refractivity contribution >= 4 is 11.9 Å². The zero-order valence-electron chi connectivity index (χ0n) is 13.7. The molecule has 1 aromatic rings. The van der Waals surface area contributed by atoms with E-state index in [2.05, 4.69) is 24.3 Å². The lowest BCUT2D eigenvalue weighted by atomic mass is 9.81. The average molecular weight is 315 g/mol. The predicted octanol–water partition coefficient (Wildman–Crippen LogP) is 2.89. The molecular weight excluding hydrogens is 290 g/mol. The Balaban J connectivity index is 1.62. The number of amides is 1. The topological polar surface area (TPSA) is 57.6 Å². The van der Waals surface area contributed by atoms with Crippen molar-refractivity contribution in [1.82, 2.24) is 4.90 Å². The Labute approximate surface area is 137 Å². The zero-order chi connectivity index (χ0) is 16.4. The Morgan fingerprint density at radius 2 is 1.91 bits per heavy atom. The maximum Gasteiger partial charge on any atom is 0.308 e. The maximum absolute atomic E-state index is 12.7. The van der Waals surface area contributed by atoms with Crippen LogP contribution in [0.25, 0.3) is 0 Å². The number of hydrogen-bond acceptors (Lipinski definition) is 2. The first-order valence-electron chi connectivity index (χ1n) is 8.63. The van der Waals surface area contributed by atoms with Crippen molar-refractivity contribution in [2.75, 3.05) is 6.54 Å². The molecule has 0 aromatic heterocycles. The molecule has 0 spiro atoms. The number of nitrogens with zero attached hydrogens (tertiary/aromatic N) is 1. The van der Waals surface area contributed by atoms with Gasteiger partial charge in [0.05, 0.1) is 5.92 Å². The molecule has 2 aliphatic rings. The Morgan fingerprint density at radius 1 is 1.17 bits per heavy atom. The normalized spacial score (nSPS) is 27.3. The van der Waals surface area contributed by atoms with Crippen LogP contribution in [-0.2, 0) is 22.4 Å². The smallest absolute Gasteiger partial charge is 0.308 e. The Kier molecular flexibility index (Phi) is 4.69. The van der Waals surface area contributed by atoms with Gasteiger partial charge in [-0.25, -0.2) is 0 Å². The van der Waals surface area contributed by atoms with Crippen LogP contribution in [0.15, 0.2) is 24.3 Å². The lowest BCUT2D eigenvalue weighted by molar-refractivity contribution is -0.147. The molecule has 1 N–H and O–H groups in total. The number of carbonyl (C=O) groups excluding carboxylic acids is 1. The van der Waals surface area contributed by atoms with Crippen molar-refractivity contribution in [2.45, 2.75) is 51.5 Å². The van der Waals surface area contributed by atoms with Crippen molar-refractivity contribution in [3.05, 3.63) is 35.4 Å². The third-order valence-corrected chi connectivity index (χ3v) is 5.46. The second kappa shape index (κ2) is 6.73. The molecule has 1 aromatic carbocycles. The number of aryl methyl sites for hydroxylation is 1. The van der Waals surface area contributed by atoms with Crippen LogP contribution in [0.2, 0.25) is 0 Å². The van der Waals surface area contributed by atoms with Crippen molar-refractivity contribution in [3.63, 3.8) is 0 Å². The van der Waals surface area contributed by atoms with Crippen molar-refractivity contribution in [2.24, 2.45) is 11.8 Å². The van der Waals surface area contributed by atoms with Crippen LogP contribution in [-0.4, -0.2) is 34.5 Å². The quantitative estimate of drug-likeness (QED) is 0.933. The number of rotatable bonds is 3. The van der Waals surface area contributed by atoms with Crippen LogP contribution >= 0.6 is 0 Å². The number of hydrogen-bond donors (Lipinski definition) is 1. The van der Waals surface area contributed by atoms with Gasteiger partial charge in [-0.1, -0.05) is 24.3 Å². The lowest BCUT2D eigenvalue weighted by Crippen LogP contribution is -2.47. The molecule has 3 unspecified atom stereocenters. The van der Waals surface area contributed by atoms with E-state index in [0.29, 0.717) is 25.3 Å². The summed E-state index contributed by atoms with van der Waals surface area (Å²) < 4.78 is 0. The number of fused-ring (bicyclic) bond motifs is 1. The molecular formula is C19H25NO3. The van der Waals surface area contributed by atoms with Gasteiger partial charge < -0.3 is 10.0 Å². The van der Waals surface area contributed by atoms with Crippen LogP contribution < -0.4 is 0 Å². The van der Waals surface area contributed by atoms with E-state index < -0.39 is 11.9 Å². The molecule has 0 bridgehead atoms. The van der Waals surface area contributed by atoms with Crippen molar-refractivity contribution in [1.29, 1.82) is 0 Å². The molecule has 1 amide bonds. The van der Waals surface area contributed by atoms with Crippen LogP contribution in [0.1, 0.15) is 43.7 Å².